The number of alkyl halides is 3. The SMILES string of the molecule is CSCCOCCC(F)(F)F. The quantitative estimate of drug-likeness (QED) is 0.612. The van der Waals surface area contributed by atoms with Crippen LogP contribution < -0.4 is 0 Å². The van der Waals surface area contributed by atoms with Gasteiger partial charge in [-0.3, -0.25) is 0 Å². The van der Waals surface area contributed by atoms with Crippen molar-refractivity contribution in [2.24, 2.45) is 0 Å². The minimum Gasteiger partial charge on any atom is -0.380 e. The van der Waals surface area contributed by atoms with Crippen LogP contribution in [0.2, 0.25) is 0 Å². The maximum atomic E-state index is 11.5. The Morgan fingerprint density at radius 2 is 1.91 bits per heavy atom. The van der Waals surface area contributed by atoms with Crippen molar-refractivity contribution in [2.75, 3.05) is 25.2 Å². The summed E-state index contributed by atoms with van der Waals surface area (Å²) in [6, 6.07) is 0. The Bertz CT molecular complexity index is 94.3. The highest BCUT2D eigenvalue weighted by atomic mass is 32.2. The number of thioether (sulfide) groups is 1. The van der Waals surface area contributed by atoms with Gasteiger partial charge in [-0.2, -0.15) is 24.9 Å². The molecule has 0 radical (unpaired) electrons. The number of halogens is 3. The average Bonchev–Trinajstić information content (AvgIpc) is 1.85. The van der Waals surface area contributed by atoms with Crippen molar-refractivity contribution in [1.82, 2.24) is 0 Å². The summed E-state index contributed by atoms with van der Waals surface area (Å²) in [6.07, 6.45) is -3.05. The highest BCUT2D eigenvalue weighted by molar-refractivity contribution is 7.98. The molecule has 11 heavy (non-hydrogen) atoms. The van der Waals surface area contributed by atoms with Crippen LogP contribution in [0.15, 0.2) is 0 Å². The summed E-state index contributed by atoms with van der Waals surface area (Å²) < 4.78 is 39.1. The molecule has 0 aliphatic heterocycles. The Hall–Kier alpha value is 0.100. The van der Waals surface area contributed by atoms with Gasteiger partial charge in [0.1, 0.15) is 0 Å². The Morgan fingerprint density at radius 3 is 2.36 bits per heavy atom. The summed E-state index contributed by atoms with van der Waals surface area (Å²) >= 11 is 1.55. The first-order chi connectivity index (χ1) is 5.06. The lowest BCUT2D eigenvalue weighted by atomic mass is 10.4. The van der Waals surface area contributed by atoms with Crippen LogP contribution in [0.3, 0.4) is 0 Å². The second kappa shape index (κ2) is 5.71. The molecule has 0 spiro atoms. The van der Waals surface area contributed by atoms with Crippen molar-refractivity contribution in [1.29, 1.82) is 0 Å². The Kier molecular flexibility index (Phi) is 5.76. The molecule has 0 rings (SSSR count). The first kappa shape index (κ1) is 11.1. The zero-order chi connectivity index (χ0) is 8.74. The molecule has 0 bridgehead atoms. The topological polar surface area (TPSA) is 9.23 Å². The predicted molar refractivity (Wildman–Crippen MR) is 39.9 cm³/mol. The molecule has 5 heteroatoms. The van der Waals surface area contributed by atoms with E-state index in [-0.39, 0.29) is 6.61 Å². The van der Waals surface area contributed by atoms with Gasteiger partial charge < -0.3 is 4.74 Å². The smallest absolute Gasteiger partial charge is 0.380 e. The van der Waals surface area contributed by atoms with Crippen LogP contribution in [0.25, 0.3) is 0 Å². The molecule has 0 N–H and O–H groups in total. The third-order valence-corrected chi connectivity index (χ3v) is 1.54. The highest BCUT2D eigenvalue weighted by Gasteiger charge is 2.26. The van der Waals surface area contributed by atoms with E-state index >= 15 is 0 Å². The summed E-state index contributed by atoms with van der Waals surface area (Å²) in [4.78, 5) is 0. The lowest BCUT2D eigenvalue weighted by molar-refractivity contribution is -0.144. The monoisotopic (exact) mass is 188 g/mol. The minimum absolute atomic E-state index is 0.218. The van der Waals surface area contributed by atoms with Gasteiger partial charge in [0.2, 0.25) is 0 Å². The van der Waals surface area contributed by atoms with Crippen LogP contribution in [0, 0.1) is 0 Å². The van der Waals surface area contributed by atoms with Gasteiger partial charge in [0.05, 0.1) is 19.6 Å². The van der Waals surface area contributed by atoms with Gasteiger partial charge in [0, 0.05) is 5.75 Å². The molecule has 0 aromatic heterocycles. The van der Waals surface area contributed by atoms with Gasteiger partial charge in [-0.15, -0.1) is 0 Å². The molecule has 68 valence electrons. The molecule has 0 fully saturated rings. The van der Waals surface area contributed by atoms with Crippen LogP contribution in [0.5, 0.6) is 0 Å². The van der Waals surface area contributed by atoms with Crippen LogP contribution in [-0.2, 0) is 4.74 Å². The molecule has 0 saturated carbocycles. The van der Waals surface area contributed by atoms with Gasteiger partial charge in [-0.05, 0) is 6.26 Å². The normalized spacial score (nSPS) is 12.0. The van der Waals surface area contributed by atoms with E-state index in [1.54, 1.807) is 11.8 Å². The lowest BCUT2D eigenvalue weighted by Crippen LogP contribution is -2.12. The number of ether oxygens (including phenoxy) is 1. The van der Waals surface area contributed by atoms with Crippen molar-refractivity contribution in [2.45, 2.75) is 12.6 Å². The molecular weight excluding hydrogens is 177 g/mol. The van der Waals surface area contributed by atoms with Crippen LogP contribution in [0.1, 0.15) is 6.42 Å². The standard InChI is InChI=1S/C6H11F3OS/c1-11-5-4-10-3-2-6(7,8)9/h2-5H2,1H3. The molecule has 0 aromatic rings. The van der Waals surface area contributed by atoms with E-state index in [0.29, 0.717) is 6.61 Å². The molecule has 0 aliphatic rings. The summed E-state index contributed by atoms with van der Waals surface area (Å²) in [5, 5.41) is 0. The average molecular weight is 188 g/mol. The Balaban J connectivity index is 3.02. The fourth-order valence-corrected chi connectivity index (χ4v) is 0.717. The summed E-state index contributed by atoms with van der Waals surface area (Å²) in [6.45, 7) is 0.182. The molecule has 0 aliphatic carbocycles. The molecule has 0 saturated heterocycles. The second-order valence-electron chi connectivity index (χ2n) is 1.97. The van der Waals surface area contributed by atoms with E-state index in [9.17, 15) is 13.2 Å². The van der Waals surface area contributed by atoms with Crippen molar-refractivity contribution >= 4 is 11.8 Å². The Labute approximate surface area is 68.3 Å². The van der Waals surface area contributed by atoms with Crippen molar-refractivity contribution in [3.8, 4) is 0 Å². The molecule has 0 heterocycles. The van der Waals surface area contributed by atoms with Gasteiger partial charge in [-0.25, -0.2) is 0 Å². The second-order valence-corrected chi connectivity index (χ2v) is 2.96. The predicted octanol–water partition coefficient (Wildman–Crippen LogP) is 2.32. The van der Waals surface area contributed by atoms with Crippen LogP contribution >= 0.6 is 11.8 Å². The van der Waals surface area contributed by atoms with E-state index < -0.39 is 12.6 Å². The largest absolute Gasteiger partial charge is 0.391 e. The maximum Gasteiger partial charge on any atom is 0.391 e. The number of hydrogen-bond acceptors (Lipinski definition) is 2. The first-order valence-electron chi connectivity index (χ1n) is 3.19. The zero-order valence-corrected chi connectivity index (χ0v) is 7.10. The Morgan fingerprint density at radius 1 is 1.27 bits per heavy atom. The highest BCUT2D eigenvalue weighted by Crippen LogP contribution is 2.18. The molecule has 0 amide bonds. The molecular formula is C6H11F3OS. The van der Waals surface area contributed by atoms with Crippen molar-refractivity contribution in [3.63, 3.8) is 0 Å². The fraction of sp³-hybridized carbons (Fsp3) is 1.00. The first-order valence-corrected chi connectivity index (χ1v) is 4.59. The molecule has 0 aromatic carbocycles. The van der Waals surface area contributed by atoms with Crippen LogP contribution in [0.4, 0.5) is 13.2 Å². The van der Waals surface area contributed by atoms with E-state index in [1.165, 1.54) is 0 Å². The van der Waals surface area contributed by atoms with Crippen LogP contribution in [-0.4, -0.2) is 31.4 Å². The summed E-state index contributed by atoms with van der Waals surface area (Å²) in [5.74, 6) is 0.748. The fourth-order valence-electron chi connectivity index (χ4n) is 0.432. The van der Waals surface area contributed by atoms with Gasteiger partial charge in [0.15, 0.2) is 0 Å². The van der Waals surface area contributed by atoms with Gasteiger partial charge in [-0.1, -0.05) is 0 Å². The molecule has 1 nitrogen and oxygen atoms in total. The van der Waals surface area contributed by atoms with E-state index in [4.69, 9.17) is 4.74 Å². The van der Waals surface area contributed by atoms with Gasteiger partial charge >= 0.3 is 6.18 Å². The zero-order valence-electron chi connectivity index (χ0n) is 6.28. The summed E-state index contributed by atoms with van der Waals surface area (Å²) in [7, 11) is 0. The van der Waals surface area contributed by atoms with Gasteiger partial charge in [0.25, 0.3) is 0 Å². The van der Waals surface area contributed by atoms with E-state index in [0.717, 1.165) is 5.75 Å². The minimum atomic E-state index is -4.08. The number of hydrogen-bond donors (Lipinski definition) is 0. The number of rotatable bonds is 5. The van der Waals surface area contributed by atoms with E-state index in [1.807, 2.05) is 6.26 Å². The lowest BCUT2D eigenvalue weighted by Gasteiger charge is -2.05. The third kappa shape index (κ3) is 10.1. The van der Waals surface area contributed by atoms with E-state index in [2.05, 4.69) is 0 Å². The summed E-state index contributed by atoms with van der Waals surface area (Å²) in [5.41, 5.74) is 0. The van der Waals surface area contributed by atoms with Crippen molar-refractivity contribution < 1.29 is 17.9 Å². The molecule has 0 atom stereocenters. The van der Waals surface area contributed by atoms with Crippen molar-refractivity contribution in [3.05, 3.63) is 0 Å². The third-order valence-electron chi connectivity index (χ3n) is 0.962. The molecule has 0 unspecified atom stereocenters. The maximum absolute atomic E-state index is 11.5.